The second kappa shape index (κ2) is 7.87. The number of carbonyl (C=O) groups excluding carboxylic acids is 2. The molecule has 0 spiro atoms. The highest BCUT2D eigenvalue weighted by Crippen LogP contribution is 2.21. The van der Waals surface area contributed by atoms with Gasteiger partial charge in [0.15, 0.2) is 6.10 Å². The highest BCUT2D eigenvalue weighted by atomic mass is 16.6. The summed E-state index contributed by atoms with van der Waals surface area (Å²) in [7, 11) is 0. The van der Waals surface area contributed by atoms with Crippen molar-refractivity contribution in [2.75, 3.05) is 5.32 Å². The van der Waals surface area contributed by atoms with Crippen molar-refractivity contribution in [3.63, 3.8) is 0 Å². The Balaban J connectivity index is 1.68. The van der Waals surface area contributed by atoms with Gasteiger partial charge >= 0.3 is 5.97 Å². The lowest BCUT2D eigenvalue weighted by atomic mass is 10.1. The Morgan fingerprint density at radius 1 is 1.04 bits per heavy atom. The molecule has 3 aromatic carbocycles. The van der Waals surface area contributed by atoms with E-state index in [1.54, 1.807) is 13.0 Å². The Kier molecular flexibility index (Phi) is 5.35. The van der Waals surface area contributed by atoms with E-state index in [-0.39, 0.29) is 11.3 Å². The van der Waals surface area contributed by atoms with Crippen LogP contribution in [-0.2, 0) is 9.53 Å². The number of nitrogens with one attached hydrogen (secondary N) is 1. The number of carbonyl (C=O) groups is 2. The molecule has 7 nitrogen and oxygen atoms in total. The van der Waals surface area contributed by atoms with Crippen molar-refractivity contribution >= 4 is 34.0 Å². The number of ether oxygens (including phenoxy) is 1. The van der Waals surface area contributed by atoms with Crippen LogP contribution in [0.4, 0.5) is 11.4 Å². The number of anilines is 1. The standard InChI is InChI=1S/C21H18N2O5/c1-13-7-8-17(12-19(13)23(26)27)21(25)28-14(2)20(24)22-18-10-9-15-5-3-4-6-16(15)11-18/h3-12,14H,1-2H3,(H,22,24)/t14-/m1/s1. The molecule has 28 heavy (non-hydrogen) atoms. The Bertz CT molecular complexity index is 1080. The number of esters is 1. The number of fused-ring (bicyclic) bond motifs is 1. The molecular weight excluding hydrogens is 360 g/mol. The molecule has 1 N–H and O–H groups in total. The highest BCUT2D eigenvalue weighted by molar-refractivity contribution is 5.99. The fourth-order valence-electron chi connectivity index (χ4n) is 2.73. The fraction of sp³-hybridized carbons (Fsp3) is 0.143. The molecule has 7 heteroatoms. The molecule has 3 aromatic rings. The highest BCUT2D eigenvalue weighted by Gasteiger charge is 2.21. The summed E-state index contributed by atoms with van der Waals surface area (Å²) in [5.41, 5.74) is 0.853. The van der Waals surface area contributed by atoms with Crippen LogP contribution < -0.4 is 5.32 Å². The molecular formula is C21H18N2O5. The Morgan fingerprint density at radius 3 is 2.46 bits per heavy atom. The van der Waals surface area contributed by atoms with Gasteiger partial charge in [-0.05, 0) is 42.8 Å². The molecule has 0 aromatic heterocycles. The summed E-state index contributed by atoms with van der Waals surface area (Å²) in [4.78, 5) is 35.0. The predicted octanol–water partition coefficient (Wildman–Crippen LogP) is 4.24. The van der Waals surface area contributed by atoms with E-state index in [1.165, 1.54) is 19.1 Å². The van der Waals surface area contributed by atoms with Crippen LogP contribution in [0.25, 0.3) is 10.8 Å². The van der Waals surface area contributed by atoms with E-state index in [0.29, 0.717) is 11.3 Å². The molecule has 0 unspecified atom stereocenters. The molecule has 0 saturated carbocycles. The summed E-state index contributed by atoms with van der Waals surface area (Å²) in [6, 6.07) is 17.2. The van der Waals surface area contributed by atoms with Crippen LogP contribution >= 0.6 is 0 Å². The van der Waals surface area contributed by atoms with Crippen molar-refractivity contribution in [2.45, 2.75) is 20.0 Å². The van der Waals surface area contributed by atoms with Crippen molar-refractivity contribution in [1.29, 1.82) is 0 Å². The lowest BCUT2D eigenvalue weighted by Gasteiger charge is -2.14. The lowest BCUT2D eigenvalue weighted by molar-refractivity contribution is -0.385. The number of amides is 1. The van der Waals surface area contributed by atoms with E-state index in [2.05, 4.69) is 5.32 Å². The zero-order valence-electron chi connectivity index (χ0n) is 15.3. The summed E-state index contributed by atoms with van der Waals surface area (Å²) in [6.45, 7) is 3.02. The third-order valence-corrected chi connectivity index (χ3v) is 4.31. The predicted molar refractivity (Wildman–Crippen MR) is 105 cm³/mol. The summed E-state index contributed by atoms with van der Waals surface area (Å²) in [6.07, 6.45) is -1.07. The van der Waals surface area contributed by atoms with E-state index in [4.69, 9.17) is 4.74 Å². The van der Waals surface area contributed by atoms with Gasteiger partial charge in [-0.2, -0.15) is 0 Å². The van der Waals surface area contributed by atoms with Gasteiger partial charge in [0, 0.05) is 17.3 Å². The summed E-state index contributed by atoms with van der Waals surface area (Å²) < 4.78 is 5.16. The molecule has 0 heterocycles. The molecule has 0 bridgehead atoms. The zero-order chi connectivity index (χ0) is 20.3. The van der Waals surface area contributed by atoms with Gasteiger partial charge in [0.2, 0.25) is 0 Å². The average molecular weight is 378 g/mol. The van der Waals surface area contributed by atoms with Crippen molar-refractivity contribution < 1.29 is 19.2 Å². The minimum absolute atomic E-state index is 0.0163. The van der Waals surface area contributed by atoms with E-state index in [0.717, 1.165) is 16.8 Å². The Labute approximate surface area is 161 Å². The summed E-state index contributed by atoms with van der Waals surface area (Å²) in [5.74, 6) is -1.30. The fourth-order valence-corrected chi connectivity index (χ4v) is 2.73. The summed E-state index contributed by atoms with van der Waals surface area (Å²) >= 11 is 0. The molecule has 0 aliphatic carbocycles. The number of nitro groups is 1. The SMILES string of the molecule is Cc1ccc(C(=O)O[C@H](C)C(=O)Nc2ccc3ccccc3c2)cc1[N+](=O)[O-]. The smallest absolute Gasteiger partial charge is 0.339 e. The number of benzene rings is 3. The van der Waals surface area contributed by atoms with Crippen LogP contribution in [0.15, 0.2) is 60.7 Å². The van der Waals surface area contributed by atoms with Crippen LogP contribution in [0.3, 0.4) is 0 Å². The first-order chi connectivity index (χ1) is 13.3. The van der Waals surface area contributed by atoms with Gasteiger partial charge in [-0.25, -0.2) is 4.79 Å². The maximum atomic E-state index is 12.3. The van der Waals surface area contributed by atoms with Crippen LogP contribution in [-0.4, -0.2) is 22.9 Å². The maximum absolute atomic E-state index is 12.3. The first-order valence-electron chi connectivity index (χ1n) is 8.61. The van der Waals surface area contributed by atoms with Crippen LogP contribution in [0.1, 0.15) is 22.8 Å². The third kappa shape index (κ3) is 4.15. The number of hydrogen-bond acceptors (Lipinski definition) is 5. The van der Waals surface area contributed by atoms with Gasteiger partial charge in [0.05, 0.1) is 10.5 Å². The number of aryl methyl sites for hydroxylation is 1. The quantitative estimate of drug-likeness (QED) is 0.407. The number of rotatable bonds is 5. The zero-order valence-corrected chi connectivity index (χ0v) is 15.3. The normalized spacial score (nSPS) is 11.6. The molecule has 0 aliphatic heterocycles. The second-order valence-corrected chi connectivity index (χ2v) is 6.36. The number of nitrogens with zero attached hydrogens (tertiary/aromatic N) is 1. The molecule has 3 rings (SSSR count). The maximum Gasteiger partial charge on any atom is 0.339 e. The van der Waals surface area contributed by atoms with Crippen LogP contribution in [0.2, 0.25) is 0 Å². The van der Waals surface area contributed by atoms with Gasteiger partial charge < -0.3 is 10.1 Å². The van der Waals surface area contributed by atoms with Crippen molar-refractivity contribution in [2.24, 2.45) is 0 Å². The van der Waals surface area contributed by atoms with Crippen molar-refractivity contribution in [3.05, 3.63) is 81.9 Å². The Hall–Kier alpha value is -3.74. The molecule has 0 fully saturated rings. The minimum Gasteiger partial charge on any atom is -0.449 e. The topological polar surface area (TPSA) is 98.5 Å². The number of hydrogen-bond donors (Lipinski definition) is 1. The van der Waals surface area contributed by atoms with E-state index in [9.17, 15) is 19.7 Å². The molecule has 1 atom stereocenters. The lowest BCUT2D eigenvalue weighted by Crippen LogP contribution is -2.30. The molecule has 0 radical (unpaired) electrons. The van der Waals surface area contributed by atoms with Gasteiger partial charge in [-0.1, -0.05) is 36.4 Å². The van der Waals surface area contributed by atoms with Crippen LogP contribution in [0.5, 0.6) is 0 Å². The van der Waals surface area contributed by atoms with Crippen molar-refractivity contribution in [1.82, 2.24) is 0 Å². The largest absolute Gasteiger partial charge is 0.449 e. The van der Waals surface area contributed by atoms with Crippen LogP contribution in [0, 0.1) is 17.0 Å². The van der Waals surface area contributed by atoms with Gasteiger partial charge in [-0.15, -0.1) is 0 Å². The molecule has 0 saturated heterocycles. The van der Waals surface area contributed by atoms with E-state index < -0.39 is 22.9 Å². The molecule has 142 valence electrons. The first-order valence-corrected chi connectivity index (χ1v) is 8.61. The van der Waals surface area contributed by atoms with E-state index in [1.807, 2.05) is 36.4 Å². The Morgan fingerprint density at radius 2 is 1.75 bits per heavy atom. The number of nitro benzene ring substituents is 1. The minimum atomic E-state index is -1.07. The third-order valence-electron chi connectivity index (χ3n) is 4.31. The summed E-state index contributed by atoms with van der Waals surface area (Å²) in [5, 5.41) is 15.7. The van der Waals surface area contributed by atoms with Gasteiger partial charge in [0.25, 0.3) is 11.6 Å². The van der Waals surface area contributed by atoms with E-state index >= 15 is 0 Å². The van der Waals surface area contributed by atoms with Gasteiger partial charge in [0.1, 0.15) is 0 Å². The van der Waals surface area contributed by atoms with Gasteiger partial charge in [-0.3, -0.25) is 14.9 Å². The average Bonchev–Trinajstić information content (AvgIpc) is 2.67. The molecule has 0 aliphatic rings. The first kappa shape index (κ1) is 19.0. The van der Waals surface area contributed by atoms with Crippen molar-refractivity contribution in [3.8, 4) is 0 Å². The molecule has 1 amide bonds. The second-order valence-electron chi connectivity index (χ2n) is 6.36. The monoisotopic (exact) mass is 378 g/mol.